The van der Waals surface area contributed by atoms with E-state index in [1.807, 2.05) is 25.1 Å². The molecule has 0 bridgehead atoms. The first kappa shape index (κ1) is 14.9. The largest absolute Gasteiger partial charge is 0.443 e. The second kappa shape index (κ2) is 5.77. The minimum absolute atomic E-state index is 0.485. The third kappa shape index (κ3) is 2.68. The highest BCUT2D eigenvalue weighted by molar-refractivity contribution is 6.29. The van der Waals surface area contributed by atoms with Gasteiger partial charge in [-0.2, -0.15) is 5.26 Å². The molecule has 1 fully saturated rings. The monoisotopic (exact) mass is 335 g/mol. The van der Waals surface area contributed by atoms with E-state index in [-0.39, 0.29) is 0 Å². The maximum Gasteiger partial charge on any atom is 0.181 e. The Bertz CT molecular complexity index is 967. The number of oxazole rings is 1. The van der Waals surface area contributed by atoms with Crippen LogP contribution < -0.4 is 0 Å². The predicted molar refractivity (Wildman–Crippen MR) is 91.6 cm³/mol. The fourth-order valence-electron chi connectivity index (χ4n) is 2.87. The molecular formula is C19H14ClN3O. The zero-order chi connectivity index (χ0) is 16.7. The van der Waals surface area contributed by atoms with Crippen molar-refractivity contribution in [2.24, 2.45) is 0 Å². The van der Waals surface area contributed by atoms with Crippen LogP contribution in [0.15, 0.2) is 41.1 Å². The third-order valence-electron chi connectivity index (χ3n) is 4.26. The lowest BCUT2D eigenvalue weighted by molar-refractivity contribution is 0.571. The van der Waals surface area contributed by atoms with Crippen molar-refractivity contribution in [3.05, 3.63) is 58.8 Å². The quantitative estimate of drug-likeness (QED) is 0.623. The minimum atomic E-state index is 0.485. The van der Waals surface area contributed by atoms with Gasteiger partial charge in [0.05, 0.1) is 17.3 Å². The lowest BCUT2D eigenvalue weighted by Gasteiger charge is -2.11. The first-order chi connectivity index (χ1) is 11.7. The number of aromatic nitrogens is 2. The number of rotatable bonds is 3. The average molecular weight is 336 g/mol. The molecule has 4 rings (SSSR count). The molecule has 1 aliphatic rings. The summed E-state index contributed by atoms with van der Waals surface area (Å²) < 4.78 is 5.56. The summed E-state index contributed by atoms with van der Waals surface area (Å²) in [5.74, 6) is 1.18. The molecule has 1 aromatic carbocycles. The molecule has 2 aromatic heterocycles. The number of nitriles is 1. The van der Waals surface area contributed by atoms with E-state index in [0.29, 0.717) is 22.4 Å². The minimum Gasteiger partial charge on any atom is -0.443 e. The Balaban J connectivity index is 1.92. The number of hydrogen-bond acceptors (Lipinski definition) is 4. The lowest BCUT2D eigenvalue weighted by atomic mass is 9.95. The Hall–Kier alpha value is -2.64. The zero-order valence-electron chi connectivity index (χ0n) is 13.1. The molecule has 118 valence electrons. The van der Waals surface area contributed by atoms with Gasteiger partial charge in [-0.3, -0.25) is 0 Å². The maximum absolute atomic E-state index is 9.23. The van der Waals surface area contributed by atoms with Crippen molar-refractivity contribution in [3.63, 3.8) is 0 Å². The molecular weight excluding hydrogens is 322 g/mol. The smallest absolute Gasteiger partial charge is 0.181 e. The highest BCUT2D eigenvalue weighted by Crippen LogP contribution is 2.42. The van der Waals surface area contributed by atoms with Gasteiger partial charge < -0.3 is 4.42 Å². The van der Waals surface area contributed by atoms with E-state index in [9.17, 15) is 5.26 Å². The Morgan fingerprint density at radius 1 is 1.21 bits per heavy atom. The molecule has 0 amide bonds. The summed E-state index contributed by atoms with van der Waals surface area (Å²) in [5, 5.41) is 9.72. The number of benzene rings is 1. The molecule has 0 radical (unpaired) electrons. The van der Waals surface area contributed by atoms with E-state index in [1.165, 1.54) is 6.39 Å². The first-order valence-corrected chi connectivity index (χ1v) is 8.16. The van der Waals surface area contributed by atoms with E-state index in [4.69, 9.17) is 16.0 Å². The Morgan fingerprint density at radius 3 is 2.71 bits per heavy atom. The second-order valence-electron chi connectivity index (χ2n) is 6.02. The van der Waals surface area contributed by atoms with E-state index < -0.39 is 0 Å². The van der Waals surface area contributed by atoms with Crippen molar-refractivity contribution in [2.75, 3.05) is 0 Å². The SMILES string of the molecule is Cc1ncoc1-c1cc(C#N)ccc1-c1cc(Cl)nc(C2CC2)c1. The fourth-order valence-corrected chi connectivity index (χ4v) is 3.09. The van der Waals surface area contributed by atoms with Gasteiger partial charge in [0.2, 0.25) is 0 Å². The van der Waals surface area contributed by atoms with Gasteiger partial charge in [0.15, 0.2) is 12.2 Å². The molecule has 0 saturated heterocycles. The summed E-state index contributed by atoms with van der Waals surface area (Å²) in [4.78, 5) is 8.61. The van der Waals surface area contributed by atoms with Gasteiger partial charge in [-0.05, 0) is 55.2 Å². The van der Waals surface area contributed by atoms with Crippen molar-refractivity contribution in [3.8, 4) is 28.5 Å². The summed E-state index contributed by atoms with van der Waals surface area (Å²) in [7, 11) is 0. The van der Waals surface area contributed by atoms with Gasteiger partial charge in [0.25, 0.3) is 0 Å². The van der Waals surface area contributed by atoms with E-state index in [1.54, 1.807) is 6.07 Å². The number of aryl methyl sites for hydroxylation is 1. The van der Waals surface area contributed by atoms with Crippen molar-refractivity contribution < 1.29 is 4.42 Å². The second-order valence-corrected chi connectivity index (χ2v) is 6.40. The van der Waals surface area contributed by atoms with Crippen LogP contribution in [0.4, 0.5) is 0 Å². The highest BCUT2D eigenvalue weighted by Gasteiger charge is 2.26. The standard InChI is InChI=1S/C19H14ClN3O/c1-11-19(24-10-22-11)16-6-12(9-21)2-5-15(16)14-7-17(13-3-4-13)23-18(20)8-14/h2,5-8,10,13H,3-4H2,1H3. The number of halogens is 1. The predicted octanol–water partition coefficient (Wildman–Crippen LogP) is 5.11. The van der Waals surface area contributed by atoms with Crippen LogP contribution in [0.25, 0.3) is 22.5 Å². The van der Waals surface area contributed by atoms with Crippen LogP contribution in [0.1, 0.15) is 35.7 Å². The van der Waals surface area contributed by atoms with E-state index >= 15 is 0 Å². The van der Waals surface area contributed by atoms with Gasteiger partial charge in [0, 0.05) is 17.2 Å². The Labute approximate surface area is 144 Å². The number of nitrogens with zero attached hydrogens (tertiary/aromatic N) is 3. The van der Waals surface area contributed by atoms with Crippen LogP contribution in [0, 0.1) is 18.3 Å². The van der Waals surface area contributed by atoms with Crippen LogP contribution in [-0.2, 0) is 0 Å². The molecule has 5 heteroatoms. The molecule has 0 spiro atoms. The van der Waals surface area contributed by atoms with Crippen LogP contribution in [-0.4, -0.2) is 9.97 Å². The van der Waals surface area contributed by atoms with Crippen molar-refractivity contribution in [1.82, 2.24) is 9.97 Å². The topological polar surface area (TPSA) is 62.7 Å². The van der Waals surface area contributed by atoms with Gasteiger partial charge in [0.1, 0.15) is 5.15 Å². The van der Waals surface area contributed by atoms with Crippen LogP contribution in [0.5, 0.6) is 0 Å². The first-order valence-electron chi connectivity index (χ1n) is 7.78. The normalized spacial score (nSPS) is 13.7. The van der Waals surface area contributed by atoms with Crippen LogP contribution >= 0.6 is 11.6 Å². The fraction of sp³-hybridized carbons (Fsp3) is 0.211. The summed E-state index contributed by atoms with van der Waals surface area (Å²) in [6.07, 6.45) is 3.74. The summed E-state index contributed by atoms with van der Waals surface area (Å²) in [6.45, 7) is 1.89. The summed E-state index contributed by atoms with van der Waals surface area (Å²) >= 11 is 6.24. The third-order valence-corrected chi connectivity index (χ3v) is 4.45. The molecule has 0 atom stereocenters. The molecule has 1 saturated carbocycles. The number of hydrogen-bond donors (Lipinski definition) is 0. The summed E-state index contributed by atoms with van der Waals surface area (Å²) in [6, 6.07) is 11.7. The molecule has 2 heterocycles. The van der Waals surface area contributed by atoms with Crippen molar-refractivity contribution in [1.29, 1.82) is 5.26 Å². The molecule has 0 aliphatic heterocycles. The lowest BCUT2D eigenvalue weighted by Crippen LogP contribution is -1.92. The Morgan fingerprint density at radius 2 is 2.04 bits per heavy atom. The van der Waals surface area contributed by atoms with Gasteiger partial charge in [-0.15, -0.1) is 0 Å². The van der Waals surface area contributed by atoms with Crippen LogP contribution in [0.3, 0.4) is 0 Å². The molecule has 1 aliphatic carbocycles. The van der Waals surface area contributed by atoms with Crippen molar-refractivity contribution >= 4 is 11.6 Å². The molecule has 3 aromatic rings. The van der Waals surface area contributed by atoms with Gasteiger partial charge in [-0.25, -0.2) is 9.97 Å². The van der Waals surface area contributed by atoms with Gasteiger partial charge in [-0.1, -0.05) is 17.7 Å². The molecule has 0 N–H and O–H groups in total. The maximum atomic E-state index is 9.23. The average Bonchev–Trinajstić information content (AvgIpc) is 3.35. The molecule has 0 unspecified atom stereocenters. The van der Waals surface area contributed by atoms with Crippen LogP contribution in [0.2, 0.25) is 5.15 Å². The Kier molecular flexibility index (Phi) is 3.59. The highest BCUT2D eigenvalue weighted by atomic mass is 35.5. The molecule has 24 heavy (non-hydrogen) atoms. The van der Waals surface area contributed by atoms with E-state index in [2.05, 4.69) is 22.1 Å². The zero-order valence-corrected chi connectivity index (χ0v) is 13.8. The van der Waals surface area contributed by atoms with E-state index in [0.717, 1.165) is 40.9 Å². The van der Waals surface area contributed by atoms with Crippen molar-refractivity contribution in [2.45, 2.75) is 25.7 Å². The summed E-state index contributed by atoms with van der Waals surface area (Å²) in [5.41, 5.74) is 5.17. The molecule has 4 nitrogen and oxygen atoms in total. The van der Waals surface area contributed by atoms with Gasteiger partial charge >= 0.3 is 0 Å². The number of pyridine rings is 1.